The molecule has 0 saturated carbocycles. The van der Waals surface area contributed by atoms with E-state index in [0.717, 1.165) is 21.9 Å². The molecule has 3 heteroatoms. The van der Waals surface area contributed by atoms with E-state index < -0.39 is 0 Å². The number of rotatable bonds is 0. The molecule has 15 heavy (non-hydrogen) atoms. The minimum atomic E-state index is 0.644. The molecule has 0 saturated heterocycles. The summed E-state index contributed by atoms with van der Waals surface area (Å²) >= 11 is 6.05. The summed E-state index contributed by atoms with van der Waals surface area (Å²) in [5.41, 5.74) is 2.54. The molecule has 0 aliphatic heterocycles. The number of aromatic nitrogens is 2. The first kappa shape index (κ1) is 8.62. The third kappa shape index (κ3) is 1.34. The second kappa shape index (κ2) is 3.17. The van der Waals surface area contributed by atoms with Crippen LogP contribution in [0, 0.1) is 0 Å². The van der Waals surface area contributed by atoms with E-state index in [0.29, 0.717) is 5.02 Å². The summed E-state index contributed by atoms with van der Waals surface area (Å²) in [6.45, 7) is 0. The van der Waals surface area contributed by atoms with E-state index in [1.54, 1.807) is 12.3 Å². The highest BCUT2D eigenvalue weighted by molar-refractivity contribution is 6.35. The van der Waals surface area contributed by atoms with E-state index in [-0.39, 0.29) is 0 Å². The Balaban J connectivity index is 2.53. The molecule has 3 aromatic rings. The van der Waals surface area contributed by atoms with Gasteiger partial charge >= 0.3 is 0 Å². The molecular formula is C12H7ClN2. The van der Waals surface area contributed by atoms with Crippen LogP contribution in [-0.4, -0.2) is 9.97 Å². The zero-order chi connectivity index (χ0) is 10.3. The van der Waals surface area contributed by atoms with Gasteiger partial charge in [-0.25, -0.2) is 4.98 Å². The van der Waals surface area contributed by atoms with Crippen LogP contribution >= 0.6 is 11.6 Å². The van der Waals surface area contributed by atoms with Gasteiger partial charge in [0.2, 0.25) is 0 Å². The van der Waals surface area contributed by atoms with Crippen molar-refractivity contribution in [2.24, 2.45) is 0 Å². The van der Waals surface area contributed by atoms with Gasteiger partial charge in [-0.3, -0.25) is 4.98 Å². The predicted octanol–water partition coefficient (Wildman–Crippen LogP) is 3.44. The van der Waals surface area contributed by atoms with E-state index in [4.69, 9.17) is 11.6 Å². The van der Waals surface area contributed by atoms with Crippen molar-refractivity contribution in [1.82, 2.24) is 9.97 Å². The Hall–Kier alpha value is -1.67. The van der Waals surface area contributed by atoms with E-state index in [1.807, 2.05) is 30.3 Å². The quantitative estimate of drug-likeness (QED) is 0.536. The molecule has 0 unspecified atom stereocenters. The van der Waals surface area contributed by atoms with Crippen LogP contribution in [-0.2, 0) is 0 Å². The normalized spacial score (nSPS) is 11.0. The van der Waals surface area contributed by atoms with Gasteiger partial charge in [0.25, 0.3) is 0 Å². The van der Waals surface area contributed by atoms with Crippen LogP contribution < -0.4 is 0 Å². The molecule has 3 rings (SSSR count). The Bertz CT molecular complexity index is 649. The maximum absolute atomic E-state index is 6.05. The first-order valence-corrected chi connectivity index (χ1v) is 5.02. The third-order valence-corrected chi connectivity index (χ3v) is 2.67. The van der Waals surface area contributed by atoms with Gasteiger partial charge in [-0.15, -0.1) is 0 Å². The first-order valence-electron chi connectivity index (χ1n) is 4.64. The summed E-state index contributed by atoms with van der Waals surface area (Å²) in [4.78, 5) is 8.73. The summed E-state index contributed by atoms with van der Waals surface area (Å²) in [6.07, 6.45) is 1.70. The maximum Gasteiger partial charge on any atom is 0.108 e. The second-order valence-corrected chi connectivity index (χ2v) is 3.75. The summed E-state index contributed by atoms with van der Waals surface area (Å²) in [6, 6.07) is 11.7. The molecule has 0 bridgehead atoms. The third-order valence-electron chi connectivity index (χ3n) is 2.36. The summed E-state index contributed by atoms with van der Waals surface area (Å²) in [7, 11) is 0. The number of fused-ring (bicyclic) bond motifs is 2. The number of nitrogens with zero attached hydrogens (tertiary/aromatic N) is 2. The maximum atomic E-state index is 6.05. The van der Waals surface area contributed by atoms with Gasteiger partial charge in [0.1, 0.15) is 5.52 Å². The van der Waals surface area contributed by atoms with Crippen LogP contribution in [0.15, 0.2) is 42.6 Å². The molecular weight excluding hydrogens is 208 g/mol. The highest BCUT2D eigenvalue weighted by Gasteiger charge is 2.02. The number of pyridine rings is 2. The number of halogens is 1. The lowest BCUT2D eigenvalue weighted by Gasteiger charge is -2.01. The Labute approximate surface area is 91.5 Å². The van der Waals surface area contributed by atoms with Crippen LogP contribution in [0.4, 0.5) is 0 Å². The molecule has 0 spiro atoms. The van der Waals surface area contributed by atoms with Crippen molar-refractivity contribution < 1.29 is 0 Å². The smallest absolute Gasteiger partial charge is 0.108 e. The molecule has 0 N–H and O–H groups in total. The van der Waals surface area contributed by atoms with Gasteiger partial charge in [0.15, 0.2) is 0 Å². The molecule has 1 aromatic carbocycles. The molecule has 0 radical (unpaired) electrons. The molecule has 2 aromatic heterocycles. The zero-order valence-electron chi connectivity index (χ0n) is 7.81. The van der Waals surface area contributed by atoms with Crippen molar-refractivity contribution in [2.45, 2.75) is 0 Å². The van der Waals surface area contributed by atoms with Crippen molar-refractivity contribution >= 4 is 33.5 Å². The predicted molar refractivity (Wildman–Crippen MR) is 62.1 cm³/mol. The molecule has 0 aliphatic carbocycles. The topological polar surface area (TPSA) is 25.8 Å². The van der Waals surface area contributed by atoms with Crippen molar-refractivity contribution in [1.29, 1.82) is 0 Å². The summed E-state index contributed by atoms with van der Waals surface area (Å²) in [5, 5.41) is 1.73. The highest BCUT2D eigenvalue weighted by atomic mass is 35.5. The van der Waals surface area contributed by atoms with Crippen LogP contribution in [0.3, 0.4) is 0 Å². The molecule has 0 atom stereocenters. The van der Waals surface area contributed by atoms with Crippen LogP contribution in [0.25, 0.3) is 21.9 Å². The Morgan fingerprint density at radius 1 is 1.00 bits per heavy atom. The van der Waals surface area contributed by atoms with E-state index >= 15 is 0 Å². The lowest BCUT2D eigenvalue weighted by molar-refractivity contribution is 1.38. The van der Waals surface area contributed by atoms with Crippen molar-refractivity contribution in [3.63, 3.8) is 0 Å². The molecule has 0 aliphatic rings. The monoisotopic (exact) mass is 214 g/mol. The molecule has 2 nitrogen and oxygen atoms in total. The van der Waals surface area contributed by atoms with E-state index in [2.05, 4.69) is 9.97 Å². The van der Waals surface area contributed by atoms with Gasteiger partial charge in [0, 0.05) is 11.6 Å². The number of hydrogen-bond acceptors (Lipinski definition) is 2. The standard InChI is InChI=1S/C12H7ClN2/c13-9-5-6-14-11-7-8-3-1-2-4-10(8)15-12(9)11/h1-7H. The Morgan fingerprint density at radius 3 is 2.80 bits per heavy atom. The first-order chi connectivity index (χ1) is 7.34. The fraction of sp³-hybridized carbons (Fsp3) is 0. The van der Waals surface area contributed by atoms with Crippen molar-refractivity contribution in [3.8, 4) is 0 Å². The lowest BCUT2D eigenvalue weighted by atomic mass is 10.2. The average Bonchev–Trinajstić information content (AvgIpc) is 2.27. The zero-order valence-corrected chi connectivity index (χ0v) is 8.57. The average molecular weight is 215 g/mol. The molecule has 0 fully saturated rings. The van der Waals surface area contributed by atoms with Gasteiger partial charge in [-0.1, -0.05) is 29.8 Å². The minimum absolute atomic E-state index is 0.644. The fourth-order valence-electron chi connectivity index (χ4n) is 1.64. The Morgan fingerprint density at radius 2 is 1.87 bits per heavy atom. The van der Waals surface area contributed by atoms with Gasteiger partial charge in [-0.2, -0.15) is 0 Å². The van der Waals surface area contributed by atoms with E-state index in [9.17, 15) is 0 Å². The SMILES string of the molecule is Clc1ccnc2cc3ccccc3nc12. The minimum Gasteiger partial charge on any atom is -0.254 e. The summed E-state index contributed by atoms with van der Waals surface area (Å²) in [5.74, 6) is 0. The van der Waals surface area contributed by atoms with Gasteiger partial charge in [-0.05, 0) is 18.2 Å². The van der Waals surface area contributed by atoms with Gasteiger partial charge < -0.3 is 0 Å². The molecule has 72 valence electrons. The number of benzene rings is 1. The molecule has 0 amide bonds. The van der Waals surface area contributed by atoms with Crippen LogP contribution in [0.1, 0.15) is 0 Å². The number of para-hydroxylation sites is 1. The summed E-state index contributed by atoms with van der Waals surface area (Å²) < 4.78 is 0. The van der Waals surface area contributed by atoms with Crippen molar-refractivity contribution in [3.05, 3.63) is 47.6 Å². The van der Waals surface area contributed by atoms with E-state index in [1.165, 1.54) is 0 Å². The van der Waals surface area contributed by atoms with Crippen molar-refractivity contribution in [2.75, 3.05) is 0 Å². The Kier molecular flexibility index (Phi) is 1.82. The highest BCUT2D eigenvalue weighted by Crippen LogP contribution is 2.23. The second-order valence-electron chi connectivity index (χ2n) is 3.34. The molecule has 2 heterocycles. The number of hydrogen-bond donors (Lipinski definition) is 0. The fourth-order valence-corrected chi connectivity index (χ4v) is 1.84. The van der Waals surface area contributed by atoms with Gasteiger partial charge in [0.05, 0.1) is 16.1 Å². The largest absolute Gasteiger partial charge is 0.254 e. The van der Waals surface area contributed by atoms with Crippen LogP contribution in [0.2, 0.25) is 5.02 Å². The van der Waals surface area contributed by atoms with Crippen LogP contribution in [0.5, 0.6) is 0 Å². The lowest BCUT2D eigenvalue weighted by Crippen LogP contribution is -1.85.